The molecule has 0 saturated heterocycles. The smallest absolute Gasteiger partial charge is 0.325 e. The van der Waals surface area contributed by atoms with E-state index < -0.39 is 23.6 Å². The molecule has 0 fully saturated rings. The molecule has 1 aromatic heterocycles. The maximum absolute atomic E-state index is 13.5. The normalized spacial score (nSPS) is 15.4. The number of pyridine rings is 1. The summed E-state index contributed by atoms with van der Waals surface area (Å²) >= 11 is 0. The fourth-order valence-corrected chi connectivity index (χ4v) is 4.22. The minimum absolute atomic E-state index is 0.175. The first-order valence-electron chi connectivity index (χ1n) is 10.6. The number of hydrogen-bond donors (Lipinski definition) is 1. The molecule has 1 unspecified atom stereocenters. The van der Waals surface area contributed by atoms with Crippen LogP contribution in [0.5, 0.6) is 0 Å². The van der Waals surface area contributed by atoms with Gasteiger partial charge in [-0.1, -0.05) is 24.3 Å². The zero-order chi connectivity index (χ0) is 24.8. The highest BCUT2D eigenvalue weighted by molar-refractivity contribution is 6.09. The molecule has 1 N–H and O–H groups in total. The molecule has 2 amide bonds. The van der Waals surface area contributed by atoms with Gasteiger partial charge in [0, 0.05) is 23.9 Å². The lowest BCUT2D eigenvalue weighted by atomic mass is 9.94. The van der Waals surface area contributed by atoms with E-state index in [0.29, 0.717) is 16.9 Å². The minimum atomic E-state index is -4.48. The Morgan fingerprint density at radius 3 is 2.35 bits per heavy atom. The van der Waals surface area contributed by atoms with Gasteiger partial charge >= 0.3 is 6.18 Å². The molecule has 0 aliphatic carbocycles. The van der Waals surface area contributed by atoms with E-state index in [-0.39, 0.29) is 23.7 Å². The van der Waals surface area contributed by atoms with Gasteiger partial charge in [0.2, 0.25) is 11.8 Å². The van der Waals surface area contributed by atoms with Crippen molar-refractivity contribution in [2.45, 2.75) is 25.9 Å². The number of benzene rings is 2. The summed E-state index contributed by atoms with van der Waals surface area (Å²) in [4.78, 5) is 40.3. The van der Waals surface area contributed by atoms with Crippen molar-refractivity contribution in [1.29, 1.82) is 0 Å². The van der Waals surface area contributed by atoms with E-state index >= 15 is 0 Å². The first kappa shape index (κ1) is 23.3. The third kappa shape index (κ3) is 4.09. The van der Waals surface area contributed by atoms with Crippen LogP contribution in [0.1, 0.15) is 29.5 Å². The topological polar surface area (TPSA) is 71.4 Å². The van der Waals surface area contributed by atoms with Crippen LogP contribution in [-0.2, 0) is 22.8 Å². The Balaban J connectivity index is 1.72. The molecule has 3 aromatic rings. The zero-order valence-electron chi connectivity index (χ0n) is 18.7. The van der Waals surface area contributed by atoms with Gasteiger partial charge in [-0.3, -0.25) is 14.4 Å². The molecule has 4 rings (SSSR count). The Labute approximate surface area is 193 Å². The zero-order valence-corrected chi connectivity index (χ0v) is 18.7. The maximum Gasteiger partial charge on any atom is 0.416 e. The number of carbonyl (C=O) groups is 2. The van der Waals surface area contributed by atoms with Crippen molar-refractivity contribution in [1.82, 2.24) is 4.57 Å². The number of nitrogens with one attached hydrogen (secondary N) is 1. The van der Waals surface area contributed by atoms with Crippen molar-refractivity contribution in [2.75, 3.05) is 16.8 Å². The minimum Gasteiger partial charge on any atom is -0.325 e. The van der Waals surface area contributed by atoms with E-state index in [1.807, 2.05) is 24.3 Å². The second kappa shape index (κ2) is 8.48. The van der Waals surface area contributed by atoms with Crippen LogP contribution >= 0.6 is 0 Å². The number of hydrogen-bond acceptors (Lipinski definition) is 3. The van der Waals surface area contributed by atoms with E-state index in [4.69, 9.17) is 0 Å². The fraction of sp³-hybridized carbons (Fsp3) is 0.240. The number of carbonyl (C=O) groups excluding carboxylic acids is 2. The summed E-state index contributed by atoms with van der Waals surface area (Å²) in [5.74, 6) is -1.49. The molecule has 2 aromatic carbocycles. The molecule has 176 valence electrons. The number of anilines is 2. The van der Waals surface area contributed by atoms with Crippen LogP contribution in [0, 0.1) is 6.92 Å². The van der Waals surface area contributed by atoms with Crippen LogP contribution in [0.4, 0.5) is 24.5 Å². The van der Waals surface area contributed by atoms with Gasteiger partial charge < -0.3 is 14.8 Å². The molecule has 34 heavy (non-hydrogen) atoms. The molecule has 0 bridgehead atoms. The van der Waals surface area contributed by atoms with Crippen molar-refractivity contribution < 1.29 is 22.8 Å². The Morgan fingerprint density at radius 2 is 1.71 bits per heavy atom. The van der Waals surface area contributed by atoms with Crippen molar-refractivity contribution in [2.24, 2.45) is 7.05 Å². The molecule has 9 heteroatoms. The van der Waals surface area contributed by atoms with Crippen molar-refractivity contribution in [3.05, 3.63) is 81.6 Å². The van der Waals surface area contributed by atoms with Gasteiger partial charge in [0.05, 0.1) is 22.9 Å². The Bertz CT molecular complexity index is 1340. The average Bonchev–Trinajstić information content (AvgIpc) is 2.87. The molecule has 0 spiro atoms. The lowest BCUT2D eigenvalue weighted by Crippen LogP contribution is -2.40. The van der Waals surface area contributed by atoms with Crippen LogP contribution in [0.15, 0.2) is 59.4 Å². The summed E-state index contributed by atoms with van der Waals surface area (Å²) in [7, 11) is 1.62. The summed E-state index contributed by atoms with van der Waals surface area (Å²) < 4.78 is 39.9. The quantitative estimate of drug-likeness (QED) is 0.616. The summed E-state index contributed by atoms with van der Waals surface area (Å²) in [6.07, 6.45) is -4.48. The van der Waals surface area contributed by atoms with Crippen LogP contribution < -0.4 is 15.8 Å². The lowest BCUT2D eigenvalue weighted by Gasteiger charge is -2.25. The molecule has 1 aliphatic heterocycles. The number of halogens is 3. The van der Waals surface area contributed by atoms with Gasteiger partial charge in [0.15, 0.2) is 0 Å². The second-order valence-corrected chi connectivity index (χ2v) is 8.28. The largest absolute Gasteiger partial charge is 0.416 e. The van der Waals surface area contributed by atoms with E-state index in [9.17, 15) is 27.6 Å². The first-order chi connectivity index (χ1) is 16.0. The van der Waals surface area contributed by atoms with Crippen LogP contribution in [0.25, 0.3) is 11.3 Å². The number of amides is 2. The Hall–Kier alpha value is -3.88. The average molecular weight is 469 g/mol. The van der Waals surface area contributed by atoms with Crippen molar-refractivity contribution in [3.8, 4) is 11.3 Å². The molecular weight excluding hydrogens is 447 g/mol. The van der Waals surface area contributed by atoms with Gasteiger partial charge in [-0.15, -0.1) is 0 Å². The van der Waals surface area contributed by atoms with Crippen LogP contribution in [0.2, 0.25) is 0 Å². The number of aromatic nitrogens is 1. The SMILES string of the molecule is Cc1cc2c(n(C)c1=O)-c1ccccc1C(C)C(=O)N2CC(=O)Nc1ccc(C(F)(F)F)cc1. The van der Waals surface area contributed by atoms with E-state index in [1.54, 1.807) is 27.0 Å². The molecule has 0 saturated carbocycles. The predicted molar refractivity (Wildman–Crippen MR) is 123 cm³/mol. The summed E-state index contributed by atoms with van der Waals surface area (Å²) in [5.41, 5.74) is 1.94. The van der Waals surface area contributed by atoms with Crippen LogP contribution in [-0.4, -0.2) is 22.9 Å². The second-order valence-electron chi connectivity index (χ2n) is 8.28. The van der Waals surface area contributed by atoms with E-state index in [1.165, 1.54) is 9.47 Å². The van der Waals surface area contributed by atoms with Gasteiger partial charge in [0.1, 0.15) is 6.54 Å². The maximum atomic E-state index is 13.5. The molecule has 6 nitrogen and oxygen atoms in total. The fourth-order valence-electron chi connectivity index (χ4n) is 4.22. The summed E-state index contributed by atoms with van der Waals surface area (Å²) in [5, 5.41) is 2.55. The van der Waals surface area contributed by atoms with Crippen LogP contribution in [0.3, 0.4) is 0 Å². The molecular formula is C25H22F3N3O3. The Kier molecular flexibility index (Phi) is 5.80. The molecule has 2 heterocycles. The third-order valence-electron chi connectivity index (χ3n) is 5.98. The highest BCUT2D eigenvalue weighted by Gasteiger charge is 2.34. The van der Waals surface area contributed by atoms with E-state index in [0.717, 1.165) is 35.4 Å². The number of alkyl halides is 3. The molecule has 1 aliphatic rings. The number of aryl methyl sites for hydroxylation is 1. The third-order valence-corrected chi connectivity index (χ3v) is 5.98. The molecule has 0 radical (unpaired) electrons. The highest BCUT2D eigenvalue weighted by atomic mass is 19.4. The van der Waals surface area contributed by atoms with Gasteiger partial charge in [-0.05, 0) is 49.7 Å². The monoisotopic (exact) mass is 469 g/mol. The van der Waals surface area contributed by atoms with Gasteiger partial charge in [0.25, 0.3) is 5.56 Å². The van der Waals surface area contributed by atoms with Gasteiger partial charge in [-0.2, -0.15) is 13.2 Å². The standard InChI is InChI=1S/C25H22F3N3O3/c1-14-12-20-22(30(3)23(14)33)19-7-5-4-6-18(19)15(2)24(34)31(20)13-21(32)29-17-10-8-16(9-11-17)25(26,27)28/h4-12,15H,13H2,1-3H3,(H,29,32). The predicted octanol–water partition coefficient (Wildman–Crippen LogP) is 4.47. The number of rotatable bonds is 3. The number of fused-ring (bicyclic) bond motifs is 3. The summed E-state index contributed by atoms with van der Waals surface area (Å²) in [6.45, 7) is 3.00. The Morgan fingerprint density at radius 1 is 1.06 bits per heavy atom. The van der Waals surface area contributed by atoms with Gasteiger partial charge in [-0.25, -0.2) is 0 Å². The first-order valence-corrected chi connectivity index (χ1v) is 10.6. The summed E-state index contributed by atoms with van der Waals surface area (Å²) in [6, 6.07) is 12.9. The van der Waals surface area contributed by atoms with E-state index in [2.05, 4.69) is 5.32 Å². The lowest BCUT2D eigenvalue weighted by molar-refractivity contribution is -0.137. The number of nitrogens with zero attached hydrogens (tertiary/aromatic N) is 2. The highest BCUT2D eigenvalue weighted by Crippen LogP contribution is 2.40. The van der Waals surface area contributed by atoms with Crippen molar-refractivity contribution in [3.63, 3.8) is 0 Å². The van der Waals surface area contributed by atoms with Crippen molar-refractivity contribution >= 4 is 23.2 Å². The molecule has 1 atom stereocenters.